The van der Waals surface area contributed by atoms with E-state index in [2.05, 4.69) is 44.7 Å². The normalized spacial score (nSPS) is 22.9. The van der Waals surface area contributed by atoms with Crippen LogP contribution in [-0.4, -0.2) is 63.9 Å². The third-order valence-corrected chi connectivity index (χ3v) is 6.87. The van der Waals surface area contributed by atoms with Gasteiger partial charge in [0.25, 0.3) is 5.91 Å². The van der Waals surface area contributed by atoms with Crippen LogP contribution in [0.15, 0.2) is 24.3 Å². The summed E-state index contributed by atoms with van der Waals surface area (Å²) in [4.78, 5) is 33.2. The van der Waals surface area contributed by atoms with Crippen LogP contribution >= 0.6 is 0 Å². The number of imide groups is 1. The molecule has 1 spiro atoms. The molecule has 1 aromatic carbocycles. The highest BCUT2D eigenvalue weighted by Crippen LogP contribution is 2.41. The van der Waals surface area contributed by atoms with Crippen molar-refractivity contribution in [3.63, 3.8) is 0 Å². The fourth-order valence-corrected chi connectivity index (χ4v) is 5.29. The number of amides is 3. The van der Waals surface area contributed by atoms with E-state index in [9.17, 15) is 9.59 Å². The van der Waals surface area contributed by atoms with Crippen LogP contribution in [0.2, 0.25) is 0 Å². The zero-order chi connectivity index (χ0) is 20.1. The number of urea groups is 1. The second kappa shape index (κ2) is 7.18. The van der Waals surface area contributed by atoms with Gasteiger partial charge in [-0.15, -0.1) is 0 Å². The molecular weight excluding hydrogens is 350 g/mol. The van der Waals surface area contributed by atoms with E-state index in [0.29, 0.717) is 18.5 Å². The Labute approximate surface area is 168 Å². The Balaban J connectivity index is 1.62. The maximum absolute atomic E-state index is 13.7. The predicted octanol–water partition coefficient (Wildman–Crippen LogP) is 3.32. The number of fused-ring (bicyclic) bond motifs is 1. The molecule has 5 heteroatoms. The lowest BCUT2D eigenvalue weighted by atomic mass is 9.84. The van der Waals surface area contributed by atoms with Gasteiger partial charge in [0, 0.05) is 31.7 Å². The Hall–Kier alpha value is -1.88. The molecule has 2 aliphatic heterocycles. The highest BCUT2D eigenvalue weighted by molar-refractivity contribution is 6.07. The van der Waals surface area contributed by atoms with E-state index >= 15 is 0 Å². The van der Waals surface area contributed by atoms with Crippen molar-refractivity contribution in [2.75, 3.05) is 19.6 Å². The van der Waals surface area contributed by atoms with Crippen molar-refractivity contribution in [3.05, 3.63) is 35.4 Å². The maximum Gasteiger partial charge on any atom is 0.327 e. The third-order valence-electron chi connectivity index (χ3n) is 6.87. The Morgan fingerprint density at radius 2 is 1.57 bits per heavy atom. The fraction of sp³-hybridized carbons (Fsp3) is 0.652. The topological polar surface area (TPSA) is 43.9 Å². The molecule has 152 valence electrons. The number of carbonyl (C=O) groups excluding carboxylic acids is 2. The Kier molecular flexibility index (Phi) is 4.98. The van der Waals surface area contributed by atoms with Gasteiger partial charge in [0.15, 0.2) is 0 Å². The van der Waals surface area contributed by atoms with Crippen LogP contribution in [0.5, 0.6) is 0 Å². The minimum atomic E-state index is -0.637. The van der Waals surface area contributed by atoms with E-state index in [-0.39, 0.29) is 18.0 Å². The lowest BCUT2D eigenvalue weighted by molar-refractivity contribution is -0.137. The van der Waals surface area contributed by atoms with E-state index in [1.807, 2.05) is 17.0 Å². The summed E-state index contributed by atoms with van der Waals surface area (Å²) in [7, 11) is 0. The van der Waals surface area contributed by atoms with Gasteiger partial charge in [0.05, 0.1) is 0 Å². The zero-order valence-electron chi connectivity index (χ0n) is 17.6. The predicted molar refractivity (Wildman–Crippen MR) is 110 cm³/mol. The van der Waals surface area contributed by atoms with Crippen LogP contribution in [0.1, 0.15) is 51.7 Å². The molecule has 0 unspecified atom stereocenters. The van der Waals surface area contributed by atoms with Gasteiger partial charge >= 0.3 is 6.03 Å². The van der Waals surface area contributed by atoms with Gasteiger partial charge in [-0.05, 0) is 56.6 Å². The summed E-state index contributed by atoms with van der Waals surface area (Å²) in [6, 6.07) is 8.73. The molecule has 3 aliphatic rings. The molecule has 4 rings (SSSR count). The van der Waals surface area contributed by atoms with Gasteiger partial charge in [-0.2, -0.15) is 0 Å². The molecule has 1 aromatic rings. The lowest BCUT2D eigenvalue weighted by Gasteiger charge is -2.44. The molecule has 0 atom stereocenters. The van der Waals surface area contributed by atoms with Crippen LogP contribution in [0, 0.1) is 5.92 Å². The molecule has 0 radical (unpaired) electrons. The molecule has 0 N–H and O–H groups in total. The second-order valence-corrected chi connectivity index (χ2v) is 9.45. The quantitative estimate of drug-likeness (QED) is 0.749. The van der Waals surface area contributed by atoms with Gasteiger partial charge < -0.3 is 9.80 Å². The average molecular weight is 384 g/mol. The zero-order valence-corrected chi connectivity index (χ0v) is 17.6. The van der Waals surface area contributed by atoms with Crippen LogP contribution < -0.4 is 0 Å². The summed E-state index contributed by atoms with van der Waals surface area (Å²) >= 11 is 0. The number of carbonyl (C=O) groups is 2. The van der Waals surface area contributed by atoms with Crippen molar-refractivity contribution in [2.45, 2.75) is 71.0 Å². The van der Waals surface area contributed by atoms with E-state index in [0.717, 1.165) is 38.8 Å². The number of hydrogen-bond donors (Lipinski definition) is 0. The van der Waals surface area contributed by atoms with Crippen molar-refractivity contribution in [1.82, 2.24) is 14.7 Å². The molecule has 5 nitrogen and oxygen atoms in total. The summed E-state index contributed by atoms with van der Waals surface area (Å²) in [6.07, 6.45) is 3.08. The lowest BCUT2D eigenvalue weighted by Crippen LogP contribution is -2.58. The Bertz CT molecular complexity index is 740. The maximum atomic E-state index is 13.7. The van der Waals surface area contributed by atoms with Gasteiger partial charge in [0.2, 0.25) is 0 Å². The van der Waals surface area contributed by atoms with Crippen molar-refractivity contribution in [3.8, 4) is 0 Å². The summed E-state index contributed by atoms with van der Waals surface area (Å²) < 4.78 is 0. The Morgan fingerprint density at radius 3 is 2.07 bits per heavy atom. The number of hydrogen-bond acceptors (Lipinski definition) is 3. The summed E-state index contributed by atoms with van der Waals surface area (Å²) in [5.41, 5.74) is 1.92. The largest absolute Gasteiger partial charge is 0.327 e. The first-order chi connectivity index (χ1) is 13.3. The van der Waals surface area contributed by atoms with Crippen molar-refractivity contribution in [2.24, 2.45) is 5.92 Å². The number of nitrogens with zero attached hydrogens (tertiary/aromatic N) is 3. The van der Waals surface area contributed by atoms with E-state index < -0.39 is 5.54 Å². The van der Waals surface area contributed by atoms with Gasteiger partial charge in [0.1, 0.15) is 5.54 Å². The number of rotatable bonds is 4. The van der Waals surface area contributed by atoms with Crippen molar-refractivity contribution in [1.29, 1.82) is 0 Å². The van der Waals surface area contributed by atoms with Crippen molar-refractivity contribution >= 4 is 11.9 Å². The van der Waals surface area contributed by atoms with E-state index in [4.69, 9.17) is 0 Å². The van der Waals surface area contributed by atoms with Crippen LogP contribution in [0.4, 0.5) is 4.79 Å². The van der Waals surface area contributed by atoms with Crippen LogP contribution in [0.25, 0.3) is 0 Å². The standard InChI is InChI=1S/C23H33N3O2/c1-16(2)15-25-22(28)26(20-13-18-7-5-6-8-19(18)14-20)21(27)23(25)9-11-24(12-10-23)17(3)4/h5-8,16-17,20H,9-15H2,1-4H3. The molecule has 2 fully saturated rings. The minimum absolute atomic E-state index is 0.0328. The molecule has 28 heavy (non-hydrogen) atoms. The van der Waals surface area contributed by atoms with Gasteiger partial charge in [-0.3, -0.25) is 9.69 Å². The highest BCUT2D eigenvalue weighted by Gasteiger charge is 2.59. The van der Waals surface area contributed by atoms with Crippen molar-refractivity contribution < 1.29 is 9.59 Å². The molecule has 2 saturated heterocycles. The first-order valence-corrected chi connectivity index (χ1v) is 10.8. The molecular formula is C23H33N3O2. The Morgan fingerprint density at radius 1 is 1.00 bits per heavy atom. The SMILES string of the molecule is CC(C)CN1C(=O)N(C2Cc3ccccc3C2)C(=O)C12CCN(C(C)C)CC2. The fourth-order valence-electron chi connectivity index (χ4n) is 5.29. The van der Waals surface area contributed by atoms with E-state index in [1.54, 1.807) is 4.90 Å². The average Bonchev–Trinajstić information content (AvgIpc) is 3.16. The van der Waals surface area contributed by atoms with Crippen LogP contribution in [0.3, 0.4) is 0 Å². The minimum Gasteiger partial charge on any atom is -0.309 e. The summed E-state index contributed by atoms with van der Waals surface area (Å²) in [5.74, 6) is 0.400. The van der Waals surface area contributed by atoms with Gasteiger partial charge in [-0.25, -0.2) is 4.79 Å². The van der Waals surface area contributed by atoms with Crippen LogP contribution in [-0.2, 0) is 17.6 Å². The molecule has 0 aromatic heterocycles. The number of likely N-dealkylation sites (tertiary alicyclic amines) is 1. The molecule has 0 saturated carbocycles. The summed E-state index contributed by atoms with van der Waals surface area (Å²) in [5, 5.41) is 0. The van der Waals surface area contributed by atoms with E-state index in [1.165, 1.54) is 11.1 Å². The molecule has 3 amide bonds. The third kappa shape index (κ3) is 3.04. The summed E-state index contributed by atoms with van der Waals surface area (Å²) in [6.45, 7) is 11.1. The monoisotopic (exact) mass is 383 g/mol. The van der Waals surface area contributed by atoms with Gasteiger partial charge in [-0.1, -0.05) is 38.1 Å². The smallest absolute Gasteiger partial charge is 0.309 e. The number of benzene rings is 1. The molecule has 0 bridgehead atoms. The molecule has 1 aliphatic carbocycles. The first-order valence-electron chi connectivity index (χ1n) is 10.8. The highest BCUT2D eigenvalue weighted by atomic mass is 16.2. The first kappa shape index (κ1) is 19.4. The molecule has 2 heterocycles. The number of piperidine rings is 1. The second-order valence-electron chi connectivity index (χ2n) is 9.45.